The van der Waals surface area contributed by atoms with E-state index in [1.54, 1.807) is 13.0 Å². The predicted molar refractivity (Wildman–Crippen MR) is 105 cm³/mol. The van der Waals surface area contributed by atoms with E-state index in [2.05, 4.69) is 20.3 Å². The number of H-pyrrole nitrogens is 1. The Labute approximate surface area is 171 Å². The molecule has 0 unspecified atom stereocenters. The van der Waals surface area contributed by atoms with Crippen molar-refractivity contribution in [3.8, 4) is 0 Å². The molecule has 152 valence electrons. The predicted octanol–water partition coefficient (Wildman–Crippen LogP) is 3.88. The molecular formula is C18H15F3N4O2S2. The van der Waals surface area contributed by atoms with Gasteiger partial charge in [0.05, 0.1) is 11.3 Å². The maximum Gasteiger partial charge on any atom is 0.416 e. The standard InChI is InChI=1S/C18H15F3N4O2S2/c1-10-5-14(26)24-17(23-10)28-9-15(27)25-16-22-8-13(29-16)7-11-3-2-4-12(6-11)18(19,20)21/h2-6,8H,7,9H2,1H3,(H,22,25,27)(H,23,24,26). The first kappa shape index (κ1) is 21.1. The fourth-order valence-electron chi connectivity index (χ4n) is 2.42. The van der Waals surface area contributed by atoms with E-state index >= 15 is 0 Å². The average molecular weight is 440 g/mol. The molecule has 1 aromatic carbocycles. The summed E-state index contributed by atoms with van der Waals surface area (Å²) in [7, 11) is 0. The Hall–Kier alpha value is -2.66. The van der Waals surface area contributed by atoms with Crippen molar-refractivity contribution >= 4 is 34.1 Å². The zero-order valence-electron chi connectivity index (χ0n) is 15.0. The van der Waals surface area contributed by atoms with Crippen molar-refractivity contribution in [1.29, 1.82) is 0 Å². The van der Waals surface area contributed by atoms with Gasteiger partial charge in [0.2, 0.25) is 5.91 Å². The highest BCUT2D eigenvalue weighted by Gasteiger charge is 2.30. The first-order chi connectivity index (χ1) is 13.7. The van der Waals surface area contributed by atoms with Crippen LogP contribution in [0.5, 0.6) is 0 Å². The van der Waals surface area contributed by atoms with Gasteiger partial charge in [-0.05, 0) is 18.6 Å². The molecule has 11 heteroatoms. The van der Waals surface area contributed by atoms with Gasteiger partial charge in [-0.2, -0.15) is 13.2 Å². The molecule has 0 fully saturated rings. The Kier molecular flexibility index (Phi) is 6.38. The summed E-state index contributed by atoms with van der Waals surface area (Å²) >= 11 is 2.27. The Morgan fingerprint density at radius 1 is 1.31 bits per heavy atom. The minimum absolute atomic E-state index is 0.0228. The number of hydrogen-bond donors (Lipinski definition) is 2. The van der Waals surface area contributed by atoms with E-state index in [9.17, 15) is 22.8 Å². The van der Waals surface area contributed by atoms with E-state index in [1.165, 1.54) is 29.7 Å². The van der Waals surface area contributed by atoms with Gasteiger partial charge in [-0.25, -0.2) is 9.97 Å². The molecule has 2 N–H and O–H groups in total. The molecule has 0 aliphatic carbocycles. The number of hydrogen-bond acceptors (Lipinski definition) is 6. The number of carbonyl (C=O) groups excluding carboxylic acids is 1. The summed E-state index contributed by atoms with van der Waals surface area (Å²) in [6.45, 7) is 1.68. The lowest BCUT2D eigenvalue weighted by atomic mass is 10.1. The largest absolute Gasteiger partial charge is 0.416 e. The quantitative estimate of drug-likeness (QED) is 0.449. The second-order valence-electron chi connectivity index (χ2n) is 6.04. The van der Waals surface area contributed by atoms with Gasteiger partial charge in [-0.1, -0.05) is 30.0 Å². The van der Waals surface area contributed by atoms with E-state index in [1.807, 2.05) is 0 Å². The molecule has 6 nitrogen and oxygen atoms in total. The fraction of sp³-hybridized carbons (Fsp3) is 0.222. The molecule has 29 heavy (non-hydrogen) atoms. The lowest BCUT2D eigenvalue weighted by Gasteiger charge is -2.07. The zero-order valence-corrected chi connectivity index (χ0v) is 16.7. The molecule has 0 radical (unpaired) electrons. The first-order valence-electron chi connectivity index (χ1n) is 8.30. The van der Waals surface area contributed by atoms with Crippen molar-refractivity contribution in [2.24, 2.45) is 0 Å². The third-order valence-electron chi connectivity index (χ3n) is 3.62. The lowest BCUT2D eigenvalue weighted by molar-refractivity contribution is -0.137. The van der Waals surface area contributed by atoms with Gasteiger partial charge in [0, 0.05) is 29.3 Å². The van der Waals surface area contributed by atoms with Gasteiger partial charge in [0.25, 0.3) is 5.56 Å². The van der Waals surface area contributed by atoms with E-state index < -0.39 is 11.7 Å². The molecular weight excluding hydrogens is 425 g/mol. The average Bonchev–Trinajstić information content (AvgIpc) is 3.05. The summed E-state index contributed by atoms with van der Waals surface area (Å²) in [5.41, 5.74) is 0.0645. The summed E-state index contributed by atoms with van der Waals surface area (Å²) in [6, 6.07) is 6.45. The maximum atomic E-state index is 12.8. The number of rotatable bonds is 6. The van der Waals surface area contributed by atoms with Crippen LogP contribution < -0.4 is 10.9 Å². The normalized spacial score (nSPS) is 11.4. The summed E-state index contributed by atoms with van der Waals surface area (Å²) in [4.78, 5) is 34.9. The minimum atomic E-state index is -4.39. The highest BCUT2D eigenvalue weighted by Crippen LogP contribution is 2.30. The van der Waals surface area contributed by atoms with Crippen LogP contribution in [0.25, 0.3) is 0 Å². The number of nitrogens with zero attached hydrogens (tertiary/aromatic N) is 2. The monoisotopic (exact) mass is 440 g/mol. The van der Waals surface area contributed by atoms with Gasteiger partial charge in [-0.3, -0.25) is 9.59 Å². The van der Waals surface area contributed by atoms with Gasteiger partial charge in [0.15, 0.2) is 10.3 Å². The molecule has 0 bridgehead atoms. The van der Waals surface area contributed by atoms with E-state index in [0.717, 1.165) is 28.8 Å². The van der Waals surface area contributed by atoms with Gasteiger partial charge >= 0.3 is 6.18 Å². The minimum Gasteiger partial charge on any atom is -0.301 e. The van der Waals surface area contributed by atoms with Crippen molar-refractivity contribution in [2.45, 2.75) is 24.7 Å². The maximum absolute atomic E-state index is 12.8. The molecule has 0 saturated heterocycles. The molecule has 0 saturated carbocycles. The lowest BCUT2D eigenvalue weighted by Crippen LogP contribution is -2.15. The number of anilines is 1. The van der Waals surface area contributed by atoms with E-state index in [4.69, 9.17) is 0 Å². The number of thiazole rings is 1. The number of halogens is 3. The van der Waals surface area contributed by atoms with Crippen LogP contribution in [0.1, 0.15) is 21.7 Å². The van der Waals surface area contributed by atoms with Crippen molar-refractivity contribution in [1.82, 2.24) is 15.0 Å². The van der Waals surface area contributed by atoms with Crippen LogP contribution in [0.15, 0.2) is 46.5 Å². The van der Waals surface area contributed by atoms with Crippen LogP contribution in [0.2, 0.25) is 0 Å². The van der Waals surface area contributed by atoms with E-state index in [0.29, 0.717) is 21.5 Å². The number of carbonyl (C=O) groups is 1. The molecule has 1 amide bonds. The van der Waals surface area contributed by atoms with E-state index in [-0.39, 0.29) is 23.6 Å². The Morgan fingerprint density at radius 2 is 2.10 bits per heavy atom. The molecule has 2 heterocycles. The van der Waals surface area contributed by atoms with Gasteiger partial charge in [-0.15, -0.1) is 11.3 Å². The molecule has 0 atom stereocenters. The molecule has 0 aliphatic heterocycles. The molecule has 3 rings (SSSR count). The van der Waals surface area contributed by atoms with Crippen molar-refractivity contribution in [2.75, 3.05) is 11.1 Å². The third-order valence-corrected chi connectivity index (χ3v) is 5.41. The van der Waals surface area contributed by atoms with Crippen LogP contribution in [-0.2, 0) is 17.4 Å². The fourth-order valence-corrected chi connectivity index (χ4v) is 4.00. The third kappa shape index (κ3) is 6.16. The first-order valence-corrected chi connectivity index (χ1v) is 10.1. The number of thioether (sulfide) groups is 1. The number of amides is 1. The van der Waals surface area contributed by atoms with Crippen LogP contribution in [0, 0.1) is 6.92 Å². The Bertz CT molecular complexity index is 1080. The summed E-state index contributed by atoms with van der Waals surface area (Å²) < 4.78 is 38.4. The zero-order chi connectivity index (χ0) is 21.0. The molecule has 3 aromatic rings. The molecule has 2 aromatic heterocycles. The smallest absolute Gasteiger partial charge is 0.301 e. The van der Waals surface area contributed by atoms with Crippen LogP contribution in [0.3, 0.4) is 0 Å². The number of aromatic nitrogens is 3. The van der Waals surface area contributed by atoms with Gasteiger partial charge in [0.1, 0.15) is 0 Å². The summed E-state index contributed by atoms with van der Waals surface area (Å²) in [5, 5.41) is 3.32. The van der Waals surface area contributed by atoms with Crippen LogP contribution in [0.4, 0.5) is 18.3 Å². The Balaban J connectivity index is 1.57. The Morgan fingerprint density at radius 3 is 2.83 bits per heavy atom. The summed E-state index contributed by atoms with van der Waals surface area (Å²) in [6.07, 6.45) is -2.59. The number of aromatic amines is 1. The van der Waals surface area contributed by atoms with Crippen molar-refractivity contribution < 1.29 is 18.0 Å². The van der Waals surface area contributed by atoms with Crippen LogP contribution >= 0.6 is 23.1 Å². The number of alkyl halides is 3. The second-order valence-corrected chi connectivity index (χ2v) is 8.11. The second kappa shape index (κ2) is 8.78. The van der Waals surface area contributed by atoms with Gasteiger partial charge < -0.3 is 10.3 Å². The molecule has 0 spiro atoms. The molecule has 0 aliphatic rings. The highest BCUT2D eigenvalue weighted by molar-refractivity contribution is 7.99. The SMILES string of the molecule is Cc1cc(=O)[nH]c(SCC(=O)Nc2ncc(Cc3cccc(C(F)(F)F)c3)s2)n1. The number of aryl methyl sites for hydroxylation is 1. The number of nitrogens with one attached hydrogen (secondary N) is 2. The highest BCUT2D eigenvalue weighted by atomic mass is 32.2. The van der Waals surface area contributed by atoms with Crippen molar-refractivity contribution in [3.05, 3.63) is 68.6 Å². The number of benzene rings is 1. The van der Waals surface area contributed by atoms with Crippen LogP contribution in [-0.4, -0.2) is 26.6 Å². The summed E-state index contributed by atoms with van der Waals surface area (Å²) in [5.74, 6) is -0.311. The van der Waals surface area contributed by atoms with Crippen molar-refractivity contribution in [3.63, 3.8) is 0 Å². The topological polar surface area (TPSA) is 87.7 Å².